The summed E-state index contributed by atoms with van der Waals surface area (Å²) in [4.78, 5) is 5.37. The average Bonchev–Trinajstić information content (AvgIpc) is 3.17. The molecule has 8 rings (SSSR count). The highest BCUT2D eigenvalue weighted by molar-refractivity contribution is 7.00. The standard InChI is InChI=1S/C41H46BClN2/c1-25-19-34-36-35(20-25)45-37-30(40(8)17-10-11-18-41(40,45)9)23-28(43)24-32(37)42(36)31-16-15-27(39(5,6)7)22-33(31)44(34)29-14-12-13-26(21-29)38(2,3)4/h12-16,19-24H,10-11,17-18H2,1-9H3. The first kappa shape index (κ1) is 29.3. The molecule has 0 N–H and O–H groups in total. The van der Waals surface area contributed by atoms with Crippen LogP contribution in [0.5, 0.6) is 0 Å². The molecule has 1 saturated carbocycles. The lowest BCUT2D eigenvalue weighted by Gasteiger charge is -2.53. The quantitative estimate of drug-likeness (QED) is 0.174. The van der Waals surface area contributed by atoms with Crippen LogP contribution in [0.15, 0.2) is 66.7 Å². The maximum absolute atomic E-state index is 7.12. The number of halogens is 1. The van der Waals surface area contributed by atoms with Gasteiger partial charge in [0.25, 0.3) is 6.71 Å². The summed E-state index contributed by atoms with van der Waals surface area (Å²) in [5.74, 6) is 0. The van der Waals surface area contributed by atoms with Gasteiger partial charge in [0.15, 0.2) is 0 Å². The Kier molecular flexibility index (Phi) is 5.99. The Morgan fingerprint density at radius 3 is 2.16 bits per heavy atom. The van der Waals surface area contributed by atoms with Crippen LogP contribution in [0.4, 0.5) is 28.4 Å². The van der Waals surface area contributed by atoms with Gasteiger partial charge >= 0.3 is 0 Å². The average molecular weight is 613 g/mol. The van der Waals surface area contributed by atoms with Gasteiger partial charge in [-0.1, -0.05) is 97.2 Å². The van der Waals surface area contributed by atoms with E-state index in [9.17, 15) is 0 Å². The Hall–Kier alpha value is -3.17. The van der Waals surface area contributed by atoms with E-state index in [0.29, 0.717) is 0 Å². The maximum atomic E-state index is 7.12. The lowest BCUT2D eigenvalue weighted by molar-refractivity contribution is 0.195. The third kappa shape index (κ3) is 3.89. The van der Waals surface area contributed by atoms with E-state index in [4.69, 9.17) is 11.6 Å². The van der Waals surface area contributed by atoms with Gasteiger partial charge in [0.05, 0.1) is 5.54 Å². The van der Waals surface area contributed by atoms with Crippen LogP contribution in [-0.2, 0) is 16.2 Å². The van der Waals surface area contributed by atoms with Gasteiger partial charge < -0.3 is 9.80 Å². The molecule has 4 heteroatoms. The first-order chi connectivity index (χ1) is 21.1. The number of rotatable bonds is 1. The Balaban J connectivity index is 1.49. The summed E-state index contributed by atoms with van der Waals surface area (Å²) in [6.07, 6.45) is 4.92. The van der Waals surface area contributed by atoms with Crippen molar-refractivity contribution in [1.29, 1.82) is 0 Å². The fraction of sp³-hybridized carbons (Fsp3) is 0.415. The summed E-state index contributed by atoms with van der Waals surface area (Å²) in [5.41, 5.74) is 16.4. The Bertz CT molecular complexity index is 1910. The van der Waals surface area contributed by atoms with E-state index in [0.717, 1.165) is 5.02 Å². The molecular weight excluding hydrogens is 567 g/mol. The smallest absolute Gasteiger partial charge is 0.252 e. The molecule has 3 aliphatic heterocycles. The third-order valence-electron chi connectivity index (χ3n) is 12.0. The molecule has 1 fully saturated rings. The lowest BCUT2D eigenvalue weighted by atomic mass is 9.33. The number of anilines is 5. The second-order valence-electron chi connectivity index (χ2n) is 16.8. The van der Waals surface area contributed by atoms with Crippen molar-refractivity contribution in [2.45, 2.75) is 110 Å². The van der Waals surface area contributed by atoms with Crippen LogP contribution in [-0.4, -0.2) is 12.3 Å². The summed E-state index contributed by atoms with van der Waals surface area (Å²) in [5, 5.41) is 0.866. The molecule has 0 aromatic heterocycles. The molecular formula is C41H46BClN2. The van der Waals surface area contributed by atoms with E-state index in [1.54, 1.807) is 0 Å². The van der Waals surface area contributed by atoms with Gasteiger partial charge in [-0.05, 0) is 119 Å². The van der Waals surface area contributed by atoms with Crippen LogP contribution in [0.1, 0.15) is 103 Å². The predicted octanol–water partition coefficient (Wildman–Crippen LogP) is 9.60. The first-order valence-corrected chi connectivity index (χ1v) is 17.4. The Morgan fingerprint density at radius 1 is 0.733 bits per heavy atom. The summed E-state index contributed by atoms with van der Waals surface area (Å²) in [6, 6.07) is 26.1. The van der Waals surface area contributed by atoms with Crippen LogP contribution in [0, 0.1) is 6.92 Å². The minimum atomic E-state index is -0.00704. The SMILES string of the molecule is Cc1cc2c3c(c1)N1c4c(cc(Cl)cc4C4(C)CCCCC14C)B3c1ccc(C(C)(C)C)cc1N2c1cccc(C(C)(C)C)c1. The summed E-state index contributed by atoms with van der Waals surface area (Å²) in [6.45, 7) is 21.4. The van der Waals surface area contributed by atoms with Crippen molar-refractivity contribution in [3.05, 3.63) is 94.0 Å². The van der Waals surface area contributed by atoms with Crippen molar-refractivity contribution < 1.29 is 0 Å². The summed E-state index contributed by atoms with van der Waals surface area (Å²) < 4.78 is 0. The second kappa shape index (κ2) is 9.22. The zero-order valence-corrected chi connectivity index (χ0v) is 29.3. The van der Waals surface area contributed by atoms with Crippen LogP contribution in [0.2, 0.25) is 5.02 Å². The molecule has 0 saturated heterocycles. The number of hydrogen-bond acceptors (Lipinski definition) is 2. The zero-order chi connectivity index (χ0) is 31.8. The van der Waals surface area contributed by atoms with Crippen LogP contribution < -0.4 is 26.2 Å². The second-order valence-corrected chi connectivity index (χ2v) is 17.3. The number of nitrogens with zero attached hydrogens (tertiary/aromatic N) is 2. The number of fused-ring (bicyclic) bond motifs is 7. The molecule has 2 unspecified atom stereocenters. The van der Waals surface area contributed by atoms with E-state index < -0.39 is 0 Å². The molecule has 0 bridgehead atoms. The lowest BCUT2D eigenvalue weighted by Crippen LogP contribution is -2.64. The van der Waals surface area contributed by atoms with E-state index in [1.807, 2.05) is 0 Å². The van der Waals surface area contributed by atoms with E-state index in [-0.39, 0.29) is 28.5 Å². The number of benzene rings is 4. The normalized spacial score (nSPS) is 23.0. The minimum absolute atomic E-state index is 0.00704. The van der Waals surface area contributed by atoms with Crippen molar-refractivity contribution >= 4 is 63.1 Å². The van der Waals surface area contributed by atoms with Gasteiger partial charge in [-0.2, -0.15) is 0 Å². The van der Waals surface area contributed by atoms with Gasteiger partial charge in [-0.15, -0.1) is 0 Å². The topological polar surface area (TPSA) is 6.48 Å². The van der Waals surface area contributed by atoms with Gasteiger partial charge in [0.1, 0.15) is 0 Å². The van der Waals surface area contributed by atoms with Gasteiger partial charge in [-0.3, -0.25) is 0 Å². The highest BCUT2D eigenvalue weighted by Gasteiger charge is 2.61. The number of hydrogen-bond donors (Lipinski definition) is 0. The van der Waals surface area contributed by atoms with E-state index in [2.05, 4.69) is 139 Å². The first-order valence-electron chi connectivity index (χ1n) is 17.0. The minimum Gasteiger partial charge on any atom is -0.335 e. The van der Waals surface area contributed by atoms with Crippen molar-refractivity contribution in [1.82, 2.24) is 0 Å². The maximum Gasteiger partial charge on any atom is 0.252 e. The van der Waals surface area contributed by atoms with E-state index >= 15 is 0 Å². The molecule has 4 aromatic rings. The van der Waals surface area contributed by atoms with Gasteiger partial charge in [-0.25, -0.2) is 0 Å². The predicted molar refractivity (Wildman–Crippen MR) is 196 cm³/mol. The van der Waals surface area contributed by atoms with E-state index in [1.165, 1.54) is 92.8 Å². The Labute approximate surface area is 275 Å². The monoisotopic (exact) mass is 612 g/mol. The number of aryl methyl sites for hydroxylation is 1. The Morgan fingerprint density at radius 2 is 1.42 bits per heavy atom. The molecule has 0 radical (unpaired) electrons. The van der Waals surface area contributed by atoms with Crippen LogP contribution in [0.3, 0.4) is 0 Å². The van der Waals surface area contributed by atoms with Crippen LogP contribution in [0.25, 0.3) is 0 Å². The summed E-state index contributed by atoms with van der Waals surface area (Å²) >= 11 is 7.12. The molecule has 1 aliphatic carbocycles. The molecule has 3 heterocycles. The summed E-state index contributed by atoms with van der Waals surface area (Å²) in [7, 11) is 0. The molecule has 0 spiro atoms. The molecule has 2 atom stereocenters. The van der Waals surface area contributed by atoms with Crippen molar-refractivity contribution in [2.75, 3.05) is 9.80 Å². The van der Waals surface area contributed by atoms with Crippen molar-refractivity contribution in [2.24, 2.45) is 0 Å². The third-order valence-corrected chi connectivity index (χ3v) is 12.2. The van der Waals surface area contributed by atoms with Crippen molar-refractivity contribution in [3.8, 4) is 0 Å². The van der Waals surface area contributed by atoms with Crippen molar-refractivity contribution in [3.63, 3.8) is 0 Å². The van der Waals surface area contributed by atoms with Crippen LogP contribution >= 0.6 is 11.6 Å². The fourth-order valence-electron chi connectivity index (χ4n) is 9.29. The fourth-order valence-corrected chi connectivity index (χ4v) is 9.52. The molecule has 0 amide bonds. The van der Waals surface area contributed by atoms with Gasteiger partial charge in [0, 0.05) is 38.9 Å². The molecule has 4 aliphatic rings. The molecule has 45 heavy (non-hydrogen) atoms. The zero-order valence-electron chi connectivity index (χ0n) is 28.5. The molecule has 4 aromatic carbocycles. The highest BCUT2D eigenvalue weighted by Crippen LogP contribution is 2.62. The molecule has 230 valence electrons. The largest absolute Gasteiger partial charge is 0.335 e. The van der Waals surface area contributed by atoms with Gasteiger partial charge in [0.2, 0.25) is 0 Å². The molecule has 2 nitrogen and oxygen atoms in total. The highest BCUT2D eigenvalue weighted by atomic mass is 35.5.